The largest absolute Gasteiger partial charge is 0.368 e. The molecule has 1 aromatic rings. The summed E-state index contributed by atoms with van der Waals surface area (Å²) in [7, 11) is 0. The van der Waals surface area contributed by atoms with Gasteiger partial charge in [0, 0.05) is 30.9 Å². The van der Waals surface area contributed by atoms with Gasteiger partial charge in [0.1, 0.15) is 6.10 Å². The topological polar surface area (TPSA) is 58.6 Å². The van der Waals surface area contributed by atoms with Crippen molar-refractivity contribution in [2.24, 2.45) is 0 Å². The van der Waals surface area contributed by atoms with Crippen molar-refractivity contribution in [2.75, 3.05) is 25.0 Å². The van der Waals surface area contributed by atoms with Crippen molar-refractivity contribution in [3.8, 4) is 0 Å². The summed E-state index contributed by atoms with van der Waals surface area (Å²) in [4.78, 5) is 26.0. The molecule has 0 spiro atoms. The standard InChI is InChI=1S/C16H20N2O3/c19-15(14-4-3-11-21-14)17-13-7-5-12(6-8-13)16(20)18-9-1-2-10-18/h5-8,14H,1-4,9-11H2,(H,17,19). The molecule has 0 bridgehead atoms. The summed E-state index contributed by atoms with van der Waals surface area (Å²) in [5.74, 6) is -0.0318. The van der Waals surface area contributed by atoms with Crippen molar-refractivity contribution in [3.63, 3.8) is 0 Å². The molecular weight excluding hydrogens is 268 g/mol. The van der Waals surface area contributed by atoms with Crippen LogP contribution >= 0.6 is 0 Å². The Morgan fingerprint density at radius 3 is 2.43 bits per heavy atom. The van der Waals surface area contributed by atoms with E-state index in [0.29, 0.717) is 17.9 Å². The van der Waals surface area contributed by atoms with Crippen LogP contribution in [0.4, 0.5) is 5.69 Å². The Morgan fingerprint density at radius 1 is 1.10 bits per heavy atom. The van der Waals surface area contributed by atoms with Crippen LogP contribution in [0.1, 0.15) is 36.0 Å². The average molecular weight is 288 g/mol. The van der Waals surface area contributed by atoms with Gasteiger partial charge in [-0.1, -0.05) is 0 Å². The first-order chi connectivity index (χ1) is 10.2. The Morgan fingerprint density at radius 2 is 1.81 bits per heavy atom. The summed E-state index contributed by atoms with van der Waals surface area (Å²) in [6.45, 7) is 2.34. The van der Waals surface area contributed by atoms with Crippen molar-refractivity contribution in [1.82, 2.24) is 4.90 Å². The second kappa shape index (κ2) is 6.26. The lowest BCUT2D eigenvalue weighted by molar-refractivity contribution is -0.124. The summed E-state index contributed by atoms with van der Waals surface area (Å²) >= 11 is 0. The predicted octanol–water partition coefficient (Wildman–Crippen LogP) is 2.04. The van der Waals surface area contributed by atoms with Gasteiger partial charge in [-0.15, -0.1) is 0 Å². The van der Waals surface area contributed by atoms with Gasteiger partial charge in [-0.3, -0.25) is 9.59 Å². The van der Waals surface area contributed by atoms with Gasteiger partial charge in [0.15, 0.2) is 0 Å². The fraction of sp³-hybridized carbons (Fsp3) is 0.500. The zero-order chi connectivity index (χ0) is 14.7. The fourth-order valence-electron chi connectivity index (χ4n) is 2.81. The van der Waals surface area contributed by atoms with Crippen molar-refractivity contribution in [2.45, 2.75) is 31.8 Å². The molecule has 0 aliphatic carbocycles. The minimum Gasteiger partial charge on any atom is -0.368 e. The Balaban J connectivity index is 1.60. The second-order valence-corrected chi connectivity index (χ2v) is 5.57. The smallest absolute Gasteiger partial charge is 0.253 e. The average Bonchev–Trinajstić information content (AvgIpc) is 3.20. The molecule has 1 aromatic carbocycles. The third-order valence-corrected chi connectivity index (χ3v) is 4.01. The van der Waals surface area contributed by atoms with E-state index in [9.17, 15) is 9.59 Å². The van der Waals surface area contributed by atoms with Gasteiger partial charge in [-0.25, -0.2) is 0 Å². The second-order valence-electron chi connectivity index (χ2n) is 5.57. The van der Waals surface area contributed by atoms with E-state index in [4.69, 9.17) is 4.74 Å². The quantitative estimate of drug-likeness (QED) is 0.926. The highest BCUT2D eigenvalue weighted by Crippen LogP contribution is 2.17. The van der Waals surface area contributed by atoms with Gasteiger partial charge in [0.2, 0.25) is 0 Å². The third kappa shape index (κ3) is 3.24. The van der Waals surface area contributed by atoms with Crippen LogP contribution in [0.3, 0.4) is 0 Å². The van der Waals surface area contributed by atoms with Crippen LogP contribution in [-0.2, 0) is 9.53 Å². The molecule has 21 heavy (non-hydrogen) atoms. The molecular formula is C16H20N2O3. The summed E-state index contributed by atoms with van der Waals surface area (Å²) in [5, 5.41) is 2.83. The number of ether oxygens (including phenoxy) is 1. The lowest BCUT2D eigenvalue weighted by atomic mass is 10.1. The first kappa shape index (κ1) is 14.1. The van der Waals surface area contributed by atoms with Crippen LogP contribution in [0.15, 0.2) is 24.3 Å². The van der Waals surface area contributed by atoms with Gasteiger partial charge in [0.25, 0.3) is 11.8 Å². The number of rotatable bonds is 3. The van der Waals surface area contributed by atoms with Crippen LogP contribution < -0.4 is 5.32 Å². The normalized spacial score (nSPS) is 21.5. The van der Waals surface area contributed by atoms with Crippen molar-refractivity contribution in [1.29, 1.82) is 0 Å². The first-order valence-corrected chi connectivity index (χ1v) is 7.56. The zero-order valence-electron chi connectivity index (χ0n) is 12.0. The number of anilines is 1. The predicted molar refractivity (Wildman–Crippen MR) is 79.2 cm³/mol. The van der Waals surface area contributed by atoms with Crippen molar-refractivity contribution < 1.29 is 14.3 Å². The molecule has 2 saturated heterocycles. The summed E-state index contributed by atoms with van der Waals surface area (Å²) in [6, 6.07) is 7.09. The molecule has 1 unspecified atom stereocenters. The molecule has 112 valence electrons. The fourth-order valence-corrected chi connectivity index (χ4v) is 2.81. The lowest BCUT2D eigenvalue weighted by Crippen LogP contribution is -2.28. The maximum atomic E-state index is 12.2. The van der Waals surface area contributed by atoms with E-state index in [1.807, 2.05) is 4.90 Å². The number of nitrogens with one attached hydrogen (secondary N) is 1. The Labute approximate surface area is 124 Å². The van der Waals surface area contributed by atoms with Gasteiger partial charge in [-0.05, 0) is 49.9 Å². The molecule has 2 fully saturated rings. The van der Waals surface area contributed by atoms with Crippen molar-refractivity contribution >= 4 is 17.5 Å². The lowest BCUT2D eigenvalue weighted by Gasteiger charge is -2.15. The van der Waals surface area contributed by atoms with Crippen LogP contribution in [0, 0.1) is 0 Å². The molecule has 0 radical (unpaired) electrons. The van der Waals surface area contributed by atoms with Crippen LogP contribution in [-0.4, -0.2) is 42.5 Å². The SMILES string of the molecule is O=C(Nc1ccc(C(=O)N2CCCC2)cc1)C1CCCO1. The highest BCUT2D eigenvalue weighted by atomic mass is 16.5. The molecule has 1 atom stereocenters. The molecule has 2 aliphatic heterocycles. The Kier molecular flexibility index (Phi) is 4.20. The number of hydrogen-bond acceptors (Lipinski definition) is 3. The van der Waals surface area contributed by atoms with Crippen LogP contribution in [0.5, 0.6) is 0 Å². The minimum atomic E-state index is -0.337. The summed E-state index contributed by atoms with van der Waals surface area (Å²) in [5.41, 5.74) is 1.38. The van der Waals surface area contributed by atoms with Crippen LogP contribution in [0.25, 0.3) is 0 Å². The molecule has 3 rings (SSSR count). The summed E-state index contributed by atoms with van der Waals surface area (Å²) in [6.07, 6.45) is 3.54. The third-order valence-electron chi connectivity index (χ3n) is 4.01. The molecule has 2 heterocycles. The molecule has 5 nitrogen and oxygen atoms in total. The molecule has 0 saturated carbocycles. The number of likely N-dealkylation sites (tertiary alicyclic amines) is 1. The Hall–Kier alpha value is -1.88. The van der Waals surface area contributed by atoms with E-state index in [2.05, 4.69) is 5.32 Å². The molecule has 5 heteroatoms. The molecule has 1 N–H and O–H groups in total. The number of carbonyl (C=O) groups excluding carboxylic acids is 2. The number of amides is 2. The highest BCUT2D eigenvalue weighted by Gasteiger charge is 2.24. The zero-order valence-corrected chi connectivity index (χ0v) is 12.0. The van der Waals surface area contributed by atoms with E-state index in [1.54, 1.807) is 24.3 Å². The van der Waals surface area contributed by atoms with E-state index in [-0.39, 0.29) is 17.9 Å². The van der Waals surface area contributed by atoms with Gasteiger partial charge < -0.3 is 15.0 Å². The molecule has 2 amide bonds. The van der Waals surface area contributed by atoms with E-state index in [0.717, 1.165) is 38.8 Å². The van der Waals surface area contributed by atoms with E-state index < -0.39 is 0 Å². The maximum Gasteiger partial charge on any atom is 0.253 e. The highest BCUT2D eigenvalue weighted by molar-refractivity contribution is 5.97. The minimum absolute atomic E-state index is 0.0736. The van der Waals surface area contributed by atoms with Gasteiger partial charge >= 0.3 is 0 Å². The van der Waals surface area contributed by atoms with E-state index >= 15 is 0 Å². The number of benzene rings is 1. The first-order valence-electron chi connectivity index (χ1n) is 7.56. The van der Waals surface area contributed by atoms with Gasteiger partial charge in [-0.2, -0.15) is 0 Å². The van der Waals surface area contributed by atoms with Crippen molar-refractivity contribution in [3.05, 3.63) is 29.8 Å². The molecule has 2 aliphatic rings. The maximum absolute atomic E-state index is 12.2. The van der Waals surface area contributed by atoms with Crippen LogP contribution in [0.2, 0.25) is 0 Å². The number of hydrogen-bond donors (Lipinski definition) is 1. The van der Waals surface area contributed by atoms with Gasteiger partial charge in [0.05, 0.1) is 0 Å². The number of nitrogens with zero attached hydrogens (tertiary/aromatic N) is 1. The number of carbonyl (C=O) groups is 2. The van der Waals surface area contributed by atoms with E-state index in [1.165, 1.54) is 0 Å². The monoisotopic (exact) mass is 288 g/mol. The Bertz CT molecular complexity index is 515. The summed E-state index contributed by atoms with van der Waals surface area (Å²) < 4.78 is 5.34. The molecule has 0 aromatic heterocycles.